The number of alkyl halides is 3. The highest BCUT2D eigenvalue weighted by molar-refractivity contribution is 6.09. The molecular formula is C28H24F4N4O2. The Bertz CT molecular complexity index is 1450. The summed E-state index contributed by atoms with van der Waals surface area (Å²) in [6, 6.07) is 16.6. The summed E-state index contributed by atoms with van der Waals surface area (Å²) in [4.78, 5) is 19.5. The molecule has 3 aromatic carbocycles. The van der Waals surface area contributed by atoms with Gasteiger partial charge in [0.2, 0.25) is 0 Å². The van der Waals surface area contributed by atoms with Gasteiger partial charge in [-0.05, 0) is 41.3 Å². The Hall–Kier alpha value is -4.02. The highest BCUT2D eigenvalue weighted by Gasteiger charge is 2.34. The van der Waals surface area contributed by atoms with Crippen LogP contribution in [0.3, 0.4) is 0 Å². The van der Waals surface area contributed by atoms with Crippen LogP contribution in [0.15, 0.2) is 72.9 Å². The molecule has 0 radical (unpaired) electrons. The Morgan fingerprint density at radius 1 is 0.947 bits per heavy atom. The lowest BCUT2D eigenvalue weighted by molar-refractivity contribution is -0.139. The van der Waals surface area contributed by atoms with E-state index in [1.807, 2.05) is 48.7 Å². The molecule has 1 aliphatic rings. The van der Waals surface area contributed by atoms with Crippen molar-refractivity contribution in [2.75, 3.05) is 36.9 Å². The number of urea groups is 1. The predicted octanol–water partition coefficient (Wildman–Crippen LogP) is 6.54. The van der Waals surface area contributed by atoms with Crippen molar-refractivity contribution in [1.82, 2.24) is 9.88 Å². The topological polar surface area (TPSA) is 66.5 Å². The number of morpholine rings is 1. The molecule has 4 aromatic rings. The third kappa shape index (κ3) is 5.76. The summed E-state index contributed by atoms with van der Waals surface area (Å²) >= 11 is 0. The van der Waals surface area contributed by atoms with Gasteiger partial charge in [0.05, 0.1) is 30.2 Å². The minimum Gasteiger partial charge on any atom is -0.379 e. The van der Waals surface area contributed by atoms with Gasteiger partial charge in [-0.15, -0.1) is 0 Å². The summed E-state index contributed by atoms with van der Waals surface area (Å²) in [5, 5.41) is 6.64. The molecule has 1 aliphatic heterocycles. The number of pyridine rings is 1. The van der Waals surface area contributed by atoms with Gasteiger partial charge >= 0.3 is 12.2 Å². The van der Waals surface area contributed by atoms with E-state index in [1.54, 1.807) is 6.07 Å². The number of fused-ring (bicyclic) bond motifs is 1. The molecule has 0 spiro atoms. The van der Waals surface area contributed by atoms with E-state index in [9.17, 15) is 22.4 Å². The van der Waals surface area contributed by atoms with Crippen molar-refractivity contribution in [2.45, 2.75) is 12.7 Å². The van der Waals surface area contributed by atoms with E-state index in [1.165, 1.54) is 0 Å². The van der Waals surface area contributed by atoms with Gasteiger partial charge in [-0.1, -0.05) is 36.4 Å². The van der Waals surface area contributed by atoms with Crippen molar-refractivity contribution in [3.8, 4) is 11.1 Å². The van der Waals surface area contributed by atoms with Crippen LogP contribution in [0.5, 0.6) is 0 Å². The minimum atomic E-state index is -4.88. The van der Waals surface area contributed by atoms with Crippen LogP contribution in [0, 0.1) is 5.82 Å². The minimum absolute atomic E-state index is 0.180. The molecule has 10 heteroatoms. The average molecular weight is 525 g/mol. The quantitative estimate of drug-likeness (QED) is 0.291. The van der Waals surface area contributed by atoms with Crippen LogP contribution < -0.4 is 10.6 Å². The number of rotatable bonds is 5. The summed E-state index contributed by atoms with van der Waals surface area (Å²) in [6.07, 6.45) is -3.05. The smallest absolute Gasteiger partial charge is 0.379 e. The van der Waals surface area contributed by atoms with Gasteiger partial charge < -0.3 is 15.4 Å². The molecule has 5 rings (SSSR count). The van der Waals surface area contributed by atoms with Crippen LogP contribution in [0.2, 0.25) is 0 Å². The Kier molecular flexibility index (Phi) is 7.26. The standard InChI is InChI=1S/C28H24F4N4O2/c29-25-9-7-19(15-24(25)28(30,31)32)34-27(37)35-26-10-8-21(22-3-1-2-4-23(22)26)18-5-6-20(33-16-18)17-36-11-13-38-14-12-36/h1-10,15-16H,11-14,17H2,(H2,34,35,37). The maximum Gasteiger partial charge on any atom is 0.419 e. The van der Waals surface area contributed by atoms with Gasteiger partial charge in [-0.3, -0.25) is 9.88 Å². The second-order valence-corrected chi connectivity index (χ2v) is 8.90. The Labute approximate surface area is 216 Å². The molecule has 1 fully saturated rings. The monoisotopic (exact) mass is 524 g/mol. The predicted molar refractivity (Wildman–Crippen MR) is 137 cm³/mol. The molecule has 0 bridgehead atoms. The van der Waals surface area contributed by atoms with E-state index in [0.717, 1.165) is 66.5 Å². The van der Waals surface area contributed by atoms with Crippen molar-refractivity contribution in [3.63, 3.8) is 0 Å². The zero-order valence-electron chi connectivity index (χ0n) is 20.2. The fourth-order valence-electron chi connectivity index (χ4n) is 4.43. The van der Waals surface area contributed by atoms with E-state index < -0.39 is 23.6 Å². The maximum absolute atomic E-state index is 13.6. The summed E-state index contributed by atoms with van der Waals surface area (Å²) in [5.74, 6) is -1.41. The normalized spacial score (nSPS) is 14.4. The molecule has 196 valence electrons. The summed E-state index contributed by atoms with van der Waals surface area (Å²) in [7, 11) is 0. The molecule has 0 unspecified atom stereocenters. The first kappa shape index (κ1) is 25.6. The second-order valence-electron chi connectivity index (χ2n) is 8.90. The summed E-state index contributed by atoms with van der Waals surface area (Å²) < 4.78 is 58.0. The van der Waals surface area contributed by atoms with Crippen LogP contribution in [0.25, 0.3) is 21.9 Å². The first-order valence-electron chi connectivity index (χ1n) is 12.0. The summed E-state index contributed by atoms with van der Waals surface area (Å²) in [5.41, 5.74) is 1.63. The van der Waals surface area contributed by atoms with E-state index in [-0.39, 0.29) is 5.69 Å². The number of benzene rings is 3. The fourth-order valence-corrected chi connectivity index (χ4v) is 4.43. The van der Waals surface area contributed by atoms with Crippen molar-refractivity contribution < 1.29 is 27.1 Å². The van der Waals surface area contributed by atoms with Gasteiger partial charge in [0.1, 0.15) is 5.82 Å². The van der Waals surface area contributed by atoms with E-state index in [4.69, 9.17) is 4.74 Å². The van der Waals surface area contributed by atoms with Crippen LogP contribution in [0.4, 0.5) is 33.7 Å². The second kappa shape index (κ2) is 10.8. The third-order valence-corrected chi connectivity index (χ3v) is 6.33. The summed E-state index contributed by atoms with van der Waals surface area (Å²) in [6.45, 7) is 3.95. The first-order chi connectivity index (χ1) is 18.3. The average Bonchev–Trinajstić information content (AvgIpc) is 2.90. The lowest BCUT2D eigenvalue weighted by atomic mass is 9.98. The zero-order valence-corrected chi connectivity index (χ0v) is 20.2. The van der Waals surface area contributed by atoms with Crippen LogP contribution in [0.1, 0.15) is 11.3 Å². The van der Waals surface area contributed by atoms with Gasteiger partial charge in [-0.25, -0.2) is 9.18 Å². The molecular weight excluding hydrogens is 500 g/mol. The SMILES string of the molecule is O=C(Nc1ccc(F)c(C(F)(F)F)c1)Nc1ccc(-c2ccc(CN3CCOCC3)nc2)c2ccccc12. The lowest BCUT2D eigenvalue weighted by Gasteiger charge is -2.26. The van der Waals surface area contributed by atoms with Crippen molar-refractivity contribution in [2.24, 2.45) is 0 Å². The molecule has 1 saturated heterocycles. The number of hydrogen-bond donors (Lipinski definition) is 2. The molecule has 1 aromatic heterocycles. The number of anilines is 2. The molecule has 2 amide bonds. The first-order valence-corrected chi connectivity index (χ1v) is 12.0. The van der Waals surface area contributed by atoms with Crippen LogP contribution in [-0.4, -0.2) is 42.2 Å². The Balaban J connectivity index is 1.35. The van der Waals surface area contributed by atoms with Gasteiger partial charge in [0.25, 0.3) is 0 Å². The largest absolute Gasteiger partial charge is 0.419 e. The number of carbonyl (C=O) groups is 1. The van der Waals surface area contributed by atoms with E-state index in [2.05, 4.69) is 20.5 Å². The van der Waals surface area contributed by atoms with Gasteiger partial charge in [0.15, 0.2) is 0 Å². The fraction of sp³-hybridized carbons (Fsp3) is 0.214. The Morgan fingerprint density at radius 3 is 2.42 bits per heavy atom. The van der Waals surface area contributed by atoms with Crippen LogP contribution in [-0.2, 0) is 17.5 Å². The Morgan fingerprint density at radius 2 is 1.71 bits per heavy atom. The maximum atomic E-state index is 13.6. The third-order valence-electron chi connectivity index (χ3n) is 6.33. The molecule has 2 heterocycles. The number of halogens is 4. The molecule has 6 nitrogen and oxygen atoms in total. The molecule has 2 N–H and O–H groups in total. The van der Waals surface area contributed by atoms with E-state index >= 15 is 0 Å². The molecule has 0 aliphatic carbocycles. The number of hydrogen-bond acceptors (Lipinski definition) is 4. The molecule has 0 saturated carbocycles. The van der Waals surface area contributed by atoms with Crippen molar-refractivity contribution in [3.05, 3.63) is 90.0 Å². The number of amides is 2. The van der Waals surface area contributed by atoms with Gasteiger partial charge in [-0.2, -0.15) is 13.2 Å². The molecule has 0 atom stereocenters. The zero-order chi connectivity index (χ0) is 26.7. The number of carbonyl (C=O) groups excluding carboxylic acids is 1. The number of nitrogens with zero attached hydrogens (tertiary/aromatic N) is 2. The number of nitrogens with one attached hydrogen (secondary N) is 2. The van der Waals surface area contributed by atoms with Crippen molar-refractivity contribution >= 4 is 28.2 Å². The number of aromatic nitrogens is 1. The van der Waals surface area contributed by atoms with Crippen molar-refractivity contribution in [1.29, 1.82) is 0 Å². The highest BCUT2D eigenvalue weighted by Crippen LogP contribution is 2.34. The highest BCUT2D eigenvalue weighted by atomic mass is 19.4. The van der Waals surface area contributed by atoms with Crippen LogP contribution >= 0.6 is 0 Å². The molecule has 38 heavy (non-hydrogen) atoms. The van der Waals surface area contributed by atoms with Gasteiger partial charge in [0, 0.05) is 42.5 Å². The lowest BCUT2D eigenvalue weighted by Crippen LogP contribution is -2.35. The number of ether oxygens (including phenoxy) is 1. The van der Waals surface area contributed by atoms with E-state index in [0.29, 0.717) is 17.8 Å².